The Morgan fingerprint density at radius 3 is 2.29 bits per heavy atom. The minimum Gasteiger partial charge on any atom is -0.321 e. The molecule has 0 aliphatic rings. The first-order valence-corrected chi connectivity index (χ1v) is 6.40. The lowest BCUT2D eigenvalue weighted by Gasteiger charge is -2.33. The van der Waals surface area contributed by atoms with Gasteiger partial charge < -0.3 is 9.88 Å². The summed E-state index contributed by atoms with van der Waals surface area (Å²) in [5, 5.41) is 4.22. The van der Waals surface area contributed by atoms with Crippen LogP contribution in [-0.2, 0) is 13.6 Å². The Kier molecular flexibility index (Phi) is 4.26. The van der Waals surface area contributed by atoms with Gasteiger partial charge in [0.25, 0.3) is 0 Å². The van der Waals surface area contributed by atoms with E-state index >= 15 is 0 Å². The van der Waals surface area contributed by atoms with E-state index in [0.29, 0.717) is 10.6 Å². The van der Waals surface area contributed by atoms with Crippen molar-refractivity contribution in [3.05, 3.63) is 17.2 Å². The minimum atomic E-state index is 0.0939. The van der Waals surface area contributed by atoms with Crippen LogP contribution in [0.5, 0.6) is 0 Å². The summed E-state index contributed by atoms with van der Waals surface area (Å²) in [4.78, 5) is 4.28. The molecule has 0 spiro atoms. The highest BCUT2D eigenvalue weighted by Crippen LogP contribution is 2.27. The maximum absolute atomic E-state index is 5.96. The second-order valence-electron chi connectivity index (χ2n) is 6.53. The lowest BCUT2D eigenvalue weighted by Crippen LogP contribution is -2.42. The zero-order valence-electron chi connectivity index (χ0n) is 11.8. The molecule has 98 valence electrons. The Bertz CT molecular complexity index is 375. The van der Waals surface area contributed by atoms with Crippen molar-refractivity contribution >= 4 is 11.6 Å². The van der Waals surface area contributed by atoms with Crippen molar-refractivity contribution in [3.63, 3.8) is 0 Å². The van der Waals surface area contributed by atoms with Crippen molar-refractivity contribution in [2.75, 3.05) is 0 Å². The first-order valence-electron chi connectivity index (χ1n) is 6.02. The van der Waals surface area contributed by atoms with Gasteiger partial charge in [0.15, 0.2) is 0 Å². The molecular formula is C13H24ClN3. The topological polar surface area (TPSA) is 29.9 Å². The Labute approximate surface area is 110 Å². The summed E-state index contributed by atoms with van der Waals surface area (Å²) in [5.74, 6) is 0.969. The van der Waals surface area contributed by atoms with Crippen LogP contribution in [-0.4, -0.2) is 15.1 Å². The number of hydrogen-bond donors (Lipinski definition) is 1. The fourth-order valence-corrected chi connectivity index (χ4v) is 2.44. The van der Waals surface area contributed by atoms with E-state index in [1.54, 1.807) is 6.20 Å². The Balaban J connectivity index is 2.58. The van der Waals surface area contributed by atoms with E-state index < -0.39 is 0 Å². The number of nitrogens with zero attached hydrogens (tertiary/aromatic N) is 2. The molecule has 0 saturated carbocycles. The average molecular weight is 258 g/mol. The molecule has 0 saturated heterocycles. The maximum Gasteiger partial charge on any atom is 0.128 e. The molecule has 1 aromatic rings. The molecule has 0 aromatic carbocycles. The predicted molar refractivity (Wildman–Crippen MR) is 73.2 cm³/mol. The molecule has 0 radical (unpaired) electrons. The molecule has 17 heavy (non-hydrogen) atoms. The molecule has 1 rings (SSSR count). The molecule has 0 aliphatic carbocycles. The summed E-state index contributed by atoms with van der Waals surface area (Å²) in [6.45, 7) is 12.0. The van der Waals surface area contributed by atoms with E-state index in [9.17, 15) is 0 Å². The van der Waals surface area contributed by atoms with E-state index in [-0.39, 0.29) is 5.54 Å². The van der Waals surface area contributed by atoms with Crippen LogP contribution in [0, 0.1) is 5.41 Å². The van der Waals surface area contributed by atoms with Crippen LogP contribution in [0.2, 0.25) is 5.15 Å². The first-order chi connectivity index (χ1) is 7.61. The van der Waals surface area contributed by atoms with Crippen LogP contribution in [0.25, 0.3) is 0 Å². The molecule has 0 aliphatic heterocycles. The smallest absolute Gasteiger partial charge is 0.128 e. The second-order valence-corrected chi connectivity index (χ2v) is 6.92. The van der Waals surface area contributed by atoms with Crippen molar-refractivity contribution in [2.24, 2.45) is 12.5 Å². The number of nitrogens with one attached hydrogen (secondary N) is 1. The van der Waals surface area contributed by atoms with Gasteiger partial charge in [0, 0.05) is 12.6 Å². The van der Waals surface area contributed by atoms with Crippen molar-refractivity contribution in [2.45, 2.75) is 53.1 Å². The van der Waals surface area contributed by atoms with Crippen LogP contribution < -0.4 is 5.32 Å². The number of halogens is 1. The summed E-state index contributed by atoms with van der Waals surface area (Å²) in [6, 6.07) is 0. The zero-order chi connectivity index (χ0) is 13.3. The molecule has 0 fully saturated rings. The number of hydrogen-bond acceptors (Lipinski definition) is 2. The minimum absolute atomic E-state index is 0.0939. The van der Waals surface area contributed by atoms with Gasteiger partial charge >= 0.3 is 0 Å². The van der Waals surface area contributed by atoms with E-state index in [4.69, 9.17) is 11.6 Å². The highest BCUT2D eigenvalue weighted by molar-refractivity contribution is 6.29. The normalized spacial score (nSPS) is 13.1. The number of aromatic nitrogens is 2. The fourth-order valence-electron chi connectivity index (χ4n) is 2.30. The SMILES string of the molecule is Cn1c(Cl)cnc1CNC(C)(C)CC(C)(C)C. The number of imidazole rings is 1. The van der Waals surface area contributed by atoms with Crippen LogP contribution in [0.1, 0.15) is 46.9 Å². The molecule has 0 amide bonds. The third-order valence-electron chi connectivity index (χ3n) is 2.73. The molecule has 0 unspecified atom stereocenters. The Morgan fingerprint density at radius 2 is 1.88 bits per heavy atom. The largest absolute Gasteiger partial charge is 0.321 e. The van der Waals surface area contributed by atoms with E-state index in [2.05, 4.69) is 44.9 Å². The van der Waals surface area contributed by atoms with Crippen LogP contribution in [0.3, 0.4) is 0 Å². The Hall–Kier alpha value is -0.540. The third kappa shape index (κ3) is 4.68. The van der Waals surface area contributed by atoms with Gasteiger partial charge in [-0.05, 0) is 25.7 Å². The van der Waals surface area contributed by atoms with Crippen LogP contribution in [0.15, 0.2) is 6.20 Å². The van der Waals surface area contributed by atoms with Crippen molar-refractivity contribution < 1.29 is 0 Å². The molecule has 1 N–H and O–H groups in total. The molecule has 0 atom stereocenters. The van der Waals surface area contributed by atoms with Gasteiger partial charge in [-0.1, -0.05) is 32.4 Å². The molecule has 1 aromatic heterocycles. The number of rotatable bonds is 4. The van der Waals surface area contributed by atoms with Crippen LogP contribution in [0.4, 0.5) is 0 Å². The van der Waals surface area contributed by atoms with Gasteiger partial charge in [-0.25, -0.2) is 4.98 Å². The Morgan fingerprint density at radius 1 is 1.29 bits per heavy atom. The lowest BCUT2D eigenvalue weighted by atomic mass is 9.82. The van der Waals surface area contributed by atoms with Gasteiger partial charge in [-0.15, -0.1) is 0 Å². The summed E-state index contributed by atoms with van der Waals surface area (Å²) in [7, 11) is 1.93. The summed E-state index contributed by atoms with van der Waals surface area (Å²) in [6.07, 6.45) is 2.80. The van der Waals surface area contributed by atoms with Gasteiger partial charge in [0.2, 0.25) is 0 Å². The summed E-state index contributed by atoms with van der Waals surface area (Å²) >= 11 is 5.96. The van der Waals surface area contributed by atoms with Crippen molar-refractivity contribution in [1.29, 1.82) is 0 Å². The molecule has 0 bridgehead atoms. The molecular weight excluding hydrogens is 234 g/mol. The van der Waals surface area contributed by atoms with Crippen LogP contribution >= 0.6 is 11.6 Å². The van der Waals surface area contributed by atoms with Gasteiger partial charge in [0.1, 0.15) is 11.0 Å². The lowest BCUT2D eigenvalue weighted by molar-refractivity contribution is 0.239. The molecule has 3 nitrogen and oxygen atoms in total. The average Bonchev–Trinajstić information content (AvgIpc) is 2.41. The first kappa shape index (κ1) is 14.5. The van der Waals surface area contributed by atoms with E-state index in [0.717, 1.165) is 18.8 Å². The molecule has 4 heteroatoms. The fraction of sp³-hybridized carbons (Fsp3) is 0.769. The van der Waals surface area contributed by atoms with Crippen molar-refractivity contribution in [3.8, 4) is 0 Å². The predicted octanol–water partition coefficient (Wildman–Crippen LogP) is 3.38. The summed E-state index contributed by atoms with van der Waals surface area (Å²) < 4.78 is 1.90. The van der Waals surface area contributed by atoms with E-state index in [1.807, 2.05) is 11.6 Å². The monoisotopic (exact) mass is 257 g/mol. The van der Waals surface area contributed by atoms with Crippen molar-refractivity contribution in [1.82, 2.24) is 14.9 Å². The van der Waals surface area contributed by atoms with E-state index in [1.165, 1.54) is 0 Å². The standard InChI is InChI=1S/C13H24ClN3/c1-12(2,3)9-13(4,5)16-8-11-15-7-10(14)17(11)6/h7,16H,8-9H2,1-6H3. The third-order valence-corrected chi connectivity index (χ3v) is 3.08. The van der Waals surface area contributed by atoms with Gasteiger partial charge in [0.05, 0.1) is 12.7 Å². The highest BCUT2D eigenvalue weighted by atomic mass is 35.5. The quantitative estimate of drug-likeness (QED) is 0.896. The highest BCUT2D eigenvalue weighted by Gasteiger charge is 2.25. The van der Waals surface area contributed by atoms with Gasteiger partial charge in [-0.3, -0.25) is 0 Å². The second kappa shape index (κ2) is 4.99. The summed E-state index contributed by atoms with van der Waals surface area (Å²) in [5.41, 5.74) is 0.409. The molecule has 1 heterocycles. The zero-order valence-corrected chi connectivity index (χ0v) is 12.5. The van der Waals surface area contributed by atoms with Gasteiger partial charge in [-0.2, -0.15) is 0 Å². The maximum atomic E-state index is 5.96.